The SMILES string of the molecule is CCC(C)C1NC(=O)C(Cc2ccc(O)cc2)NC(=O)C(N)CSSCC(C(=O)N2CCCC2C(=O)NC(C(=O)NCC(N)=O)C(C)C)NC(=O)C(CC(N)=O)NC(=O)C(CC(N)=O)NC1=O. The lowest BCUT2D eigenvalue weighted by Crippen LogP contribution is -2.62. The largest absolute Gasteiger partial charge is 0.508 e. The van der Waals surface area contributed by atoms with Gasteiger partial charge in [-0.15, -0.1) is 0 Å². The second-order valence-electron chi connectivity index (χ2n) is 16.6. The number of primary amides is 3. The Morgan fingerprint density at radius 2 is 1.31 bits per heavy atom. The quantitative estimate of drug-likeness (QED) is 0.0739. The fraction of sp³-hybridized carbons (Fsp3) is 0.585. The molecule has 16 N–H and O–H groups in total. The first kappa shape index (κ1) is 55.2. The molecule has 3 rings (SSSR count). The number of hydrogen-bond donors (Lipinski definition) is 12. The molecule has 2 fully saturated rings. The molecule has 0 aliphatic carbocycles. The molecule has 67 heavy (non-hydrogen) atoms. The van der Waals surface area contributed by atoms with Crippen LogP contribution in [0.5, 0.6) is 5.75 Å². The molecular weight excluding hydrogens is 917 g/mol. The summed E-state index contributed by atoms with van der Waals surface area (Å²) in [7, 11) is 2.02. The average molecular weight is 979 g/mol. The van der Waals surface area contributed by atoms with Crippen LogP contribution in [0.15, 0.2) is 24.3 Å². The van der Waals surface area contributed by atoms with Crippen LogP contribution in [-0.4, -0.2) is 148 Å². The number of benzene rings is 1. The Balaban J connectivity index is 2.04. The van der Waals surface area contributed by atoms with Gasteiger partial charge < -0.3 is 70.2 Å². The van der Waals surface area contributed by atoms with Crippen LogP contribution in [0, 0.1) is 11.8 Å². The molecule has 0 bridgehead atoms. The highest BCUT2D eigenvalue weighted by Crippen LogP contribution is 2.26. The second-order valence-corrected chi connectivity index (χ2v) is 19.2. The summed E-state index contributed by atoms with van der Waals surface area (Å²) >= 11 is 0. The fourth-order valence-electron chi connectivity index (χ4n) is 7.00. The Bertz CT molecular complexity index is 2010. The highest BCUT2D eigenvalue weighted by molar-refractivity contribution is 8.76. The third-order valence-corrected chi connectivity index (χ3v) is 13.4. The molecular formula is C41H62N12O12S2. The lowest BCUT2D eigenvalue weighted by Gasteiger charge is -2.31. The van der Waals surface area contributed by atoms with Crippen molar-refractivity contribution in [3.05, 3.63) is 29.8 Å². The molecule has 370 valence electrons. The van der Waals surface area contributed by atoms with Gasteiger partial charge in [0.05, 0.1) is 25.4 Å². The van der Waals surface area contributed by atoms with Crippen molar-refractivity contribution in [3.63, 3.8) is 0 Å². The topological polar surface area (TPSA) is 400 Å². The minimum Gasteiger partial charge on any atom is -0.508 e. The van der Waals surface area contributed by atoms with Crippen LogP contribution in [0.2, 0.25) is 0 Å². The Kier molecular flexibility index (Phi) is 21.6. The minimum absolute atomic E-state index is 0.0405. The predicted molar refractivity (Wildman–Crippen MR) is 245 cm³/mol. The second kappa shape index (κ2) is 26.3. The number of rotatable bonds is 15. The Hall–Kier alpha value is -6.15. The predicted octanol–water partition coefficient (Wildman–Crippen LogP) is -4.39. The lowest BCUT2D eigenvalue weighted by atomic mass is 9.96. The van der Waals surface area contributed by atoms with Gasteiger partial charge in [-0.1, -0.05) is 67.8 Å². The normalized spacial score (nSPS) is 24.7. The van der Waals surface area contributed by atoms with Gasteiger partial charge in [0, 0.05) is 24.5 Å². The van der Waals surface area contributed by atoms with E-state index < -0.39 is 145 Å². The molecule has 0 saturated carbocycles. The molecule has 2 aliphatic heterocycles. The molecule has 0 radical (unpaired) electrons. The number of likely N-dealkylation sites (tertiary alicyclic amines) is 1. The van der Waals surface area contributed by atoms with E-state index in [1.54, 1.807) is 27.7 Å². The number of nitrogens with zero attached hydrogens (tertiary/aromatic N) is 1. The van der Waals surface area contributed by atoms with Crippen molar-refractivity contribution < 1.29 is 57.8 Å². The maximum absolute atomic E-state index is 14.4. The minimum atomic E-state index is -1.79. The summed E-state index contributed by atoms with van der Waals surface area (Å²) in [5.41, 5.74) is 22.9. The Morgan fingerprint density at radius 1 is 0.761 bits per heavy atom. The van der Waals surface area contributed by atoms with Crippen molar-refractivity contribution in [2.24, 2.45) is 34.8 Å². The highest BCUT2D eigenvalue weighted by atomic mass is 33.1. The summed E-state index contributed by atoms with van der Waals surface area (Å²) in [5, 5.41) is 27.3. The van der Waals surface area contributed by atoms with E-state index >= 15 is 0 Å². The molecule has 24 nitrogen and oxygen atoms in total. The van der Waals surface area contributed by atoms with Crippen LogP contribution in [0.25, 0.3) is 0 Å². The monoisotopic (exact) mass is 978 g/mol. The van der Waals surface area contributed by atoms with Crippen molar-refractivity contribution in [2.75, 3.05) is 24.6 Å². The molecule has 0 aromatic heterocycles. The fourth-order valence-corrected chi connectivity index (χ4v) is 9.28. The smallest absolute Gasteiger partial charge is 0.246 e. The van der Waals surface area contributed by atoms with Gasteiger partial charge >= 0.3 is 0 Å². The van der Waals surface area contributed by atoms with E-state index in [9.17, 15) is 57.8 Å². The summed E-state index contributed by atoms with van der Waals surface area (Å²) < 4.78 is 0. The van der Waals surface area contributed by atoms with Gasteiger partial charge in [-0.25, -0.2) is 0 Å². The summed E-state index contributed by atoms with van der Waals surface area (Å²) in [5.74, 6) is -11.3. The van der Waals surface area contributed by atoms with E-state index in [-0.39, 0.29) is 36.6 Å². The first-order chi connectivity index (χ1) is 31.5. The molecule has 2 heterocycles. The van der Waals surface area contributed by atoms with Crippen molar-refractivity contribution in [1.82, 2.24) is 42.1 Å². The number of hydrogen-bond acceptors (Lipinski definition) is 15. The number of carbonyl (C=O) groups is 11. The van der Waals surface area contributed by atoms with E-state index in [0.717, 1.165) is 21.6 Å². The number of amides is 11. The van der Waals surface area contributed by atoms with E-state index in [1.807, 2.05) is 0 Å². The molecule has 1 aromatic rings. The molecule has 9 atom stereocenters. The van der Waals surface area contributed by atoms with Crippen LogP contribution in [0.3, 0.4) is 0 Å². The highest BCUT2D eigenvalue weighted by Gasteiger charge is 2.41. The van der Waals surface area contributed by atoms with Gasteiger partial charge in [-0.3, -0.25) is 52.7 Å². The van der Waals surface area contributed by atoms with Crippen molar-refractivity contribution >= 4 is 86.6 Å². The first-order valence-corrected chi connectivity index (χ1v) is 24.0. The molecule has 0 spiro atoms. The lowest BCUT2D eigenvalue weighted by molar-refractivity contribution is -0.142. The van der Waals surface area contributed by atoms with Crippen LogP contribution < -0.4 is 60.2 Å². The molecule has 1 aromatic carbocycles. The third kappa shape index (κ3) is 17.2. The third-order valence-electron chi connectivity index (χ3n) is 10.9. The molecule has 2 aliphatic rings. The van der Waals surface area contributed by atoms with Gasteiger partial charge in [0.15, 0.2) is 0 Å². The first-order valence-electron chi connectivity index (χ1n) is 21.6. The Morgan fingerprint density at radius 3 is 1.88 bits per heavy atom. The van der Waals surface area contributed by atoms with Crippen molar-refractivity contribution in [1.29, 1.82) is 0 Å². The Labute approximate surface area is 394 Å². The van der Waals surface area contributed by atoms with Crippen molar-refractivity contribution in [2.45, 2.75) is 115 Å². The van der Waals surface area contributed by atoms with E-state index in [0.29, 0.717) is 18.4 Å². The van der Waals surface area contributed by atoms with Gasteiger partial charge in [0.25, 0.3) is 0 Å². The zero-order chi connectivity index (χ0) is 50.1. The molecule has 2 saturated heterocycles. The standard InChI is InChI=1S/C41H62N12O12S2/c1-5-20(4)33-40(64)49-26(15-30(44)56)35(59)48-25(14-29(43)55)36(60)50-27(41(65)53-12-6-7-28(53)38(62)51-32(19(2)3)39(63)46-16-31(45)57)18-67-66-17-23(42)34(58)47-24(37(61)52-33)13-21-8-10-22(54)11-9-21/h8-11,19-20,23-28,32-33,54H,5-7,12-18,42H2,1-4H3,(H2,43,55)(H2,44,56)(H2,45,57)(H,46,63)(H,47,58)(H,48,59)(H,49,64)(H,50,60)(H,51,62)(H,52,61). The summed E-state index contributed by atoms with van der Waals surface area (Å²) in [6.45, 7) is 6.22. The number of carbonyl (C=O) groups excluding carboxylic acids is 11. The number of aromatic hydroxyl groups is 1. The van der Waals surface area contributed by atoms with Crippen molar-refractivity contribution in [3.8, 4) is 5.75 Å². The maximum Gasteiger partial charge on any atom is 0.246 e. The zero-order valence-corrected chi connectivity index (χ0v) is 39.3. The summed E-state index contributed by atoms with van der Waals surface area (Å²) in [4.78, 5) is 147. The zero-order valence-electron chi connectivity index (χ0n) is 37.7. The summed E-state index contributed by atoms with van der Waals surface area (Å²) in [6, 6.07) is -5.41. The number of phenolic OH excluding ortho intramolecular Hbond substituents is 1. The number of nitrogens with two attached hydrogens (primary N) is 4. The number of phenols is 1. The van der Waals surface area contributed by atoms with Gasteiger partial charge in [0.1, 0.15) is 48.0 Å². The number of nitrogens with one attached hydrogen (secondary N) is 7. The van der Waals surface area contributed by atoms with Gasteiger partial charge in [-0.05, 0) is 42.4 Å². The summed E-state index contributed by atoms with van der Waals surface area (Å²) in [6.07, 6.45) is -0.924. The van der Waals surface area contributed by atoms with E-state index in [4.69, 9.17) is 22.9 Å². The van der Waals surface area contributed by atoms with Gasteiger partial charge in [0.2, 0.25) is 65.0 Å². The average Bonchev–Trinajstić information content (AvgIpc) is 3.76. The molecule has 9 unspecified atom stereocenters. The molecule has 26 heteroatoms. The maximum atomic E-state index is 14.4. The van der Waals surface area contributed by atoms with Crippen LogP contribution >= 0.6 is 21.6 Å². The van der Waals surface area contributed by atoms with Crippen LogP contribution in [0.4, 0.5) is 0 Å². The van der Waals surface area contributed by atoms with Crippen LogP contribution in [-0.2, 0) is 59.2 Å². The molecule has 11 amide bonds. The van der Waals surface area contributed by atoms with E-state index in [1.165, 1.54) is 29.2 Å². The van der Waals surface area contributed by atoms with E-state index in [2.05, 4.69) is 37.2 Å². The van der Waals surface area contributed by atoms with Crippen LogP contribution in [0.1, 0.15) is 65.4 Å². The van der Waals surface area contributed by atoms with Gasteiger partial charge in [-0.2, -0.15) is 0 Å².